The van der Waals surface area contributed by atoms with Crippen LogP contribution in [-0.2, 0) is 5.41 Å². The molecule has 1 aliphatic heterocycles. The molecule has 11 rings (SSSR count). The van der Waals surface area contributed by atoms with E-state index >= 15 is 0 Å². The normalized spacial score (nSPS) is 16.4. The third-order valence-electron chi connectivity index (χ3n) is 11.0. The second-order valence-corrected chi connectivity index (χ2v) is 14.2. The summed E-state index contributed by atoms with van der Waals surface area (Å²) < 4.78 is 12.9. The van der Waals surface area contributed by atoms with E-state index in [9.17, 15) is 0 Å². The Balaban J connectivity index is 1.12. The maximum atomic E-state index is 6.59. The summed E-state index contributed by atoms with van der Waals surface area (Å²) >= 11 is 0. The Hall–Kier alpha value is -6.85. The molecule has 0 fully saturated rings. The molecule has 0 bridgehead atoms. The van der Waals surface area contributed by atoms with E-state index in [1.807, 2.05) is 48.5 Å². The van der Waals surface area contributed by atoms with E-state index < -0.39 is 0 Å². The minimum absolute atomic E-state index is 0.260. The van der Waals surface area contributed by atoms with Crippen molar-refractivity contribution in [3.63, 3.8) is 0 Å². The summed E-state index contributed by atoms with van der Waals surface area (Å²) in [6, 6.07) is 50.3. The minimum Gasteiger partial charge on any atom is -0.460 e. The Kier molecular flexibility index (Phi) is 6.38. The number of hydrogen-bond donors (Lipinski definition) is 0. The maximum Gasteiger partial charge on any atom is 0.164 e. The Morgan fingerprint density at radius 1 is 0.528 bits per heavy atom. The summed E-state index contributed by atoms with van der Waals surface area (Å²) in [7, 11) is 0. The minimum atomic E-state index is -0.260. The van der Waals surface area contributed by atoms with Gasteiger partial charge in [0.25, 0.3) is 0 Å². The van der Waals surface area contributed by atoms with Crippen molar-refractivity contribution in [1.29, 1.82) is 0 Å². The van der Waals surface area contributed by atoms with Crippen LogP contribution < -0.4 is 4.74 Å². The third kappa shape index (κ3) is 4.60. The van der Waals surface area contributed by atoms with Crippen molar-refractivity contribution in [3.8, 4) is 39.9 Å². The van der Waals surface area contributed by atoms with Crippen molar-refractivity contribution in [3.05, 3.63) is 175 Å². The molecule has 7 aromatic carbocycles. The molecule has 3 heterocycles. The summed E-state index contributed by atoms with van der Waals surface area (Å²) in [6.45, 7) is 2.28. The highest BCUT2D eigenvalue weighted by molar-refractivity contribution is 6.16. The number of nitrogens with zero attached hydrogens (tertiary/aromatic N) is 3. The van der Waals surface area contributed by atoms with Gasteiger partial charge in [-0.2, -0.15) is 0 Å². The molecule has 0 N–H and O–H groups in total. The largest absolute Gasteiger partial charge is 0.460 e. The predicted octanol–water partition coefficient (Wildman–Crippen LogP) is 12.1. The van der Waals surface area contributed by atoms with Gasteiger partial charge in [0.1, 0.15) is 22.7 Å². The molecule has 2 aromatic heterocycles. The first-order valence-electron chi connectivity index (χ1n) is 18.0. The maximum absolute atomic E-state index is 6.59. The van der Waals surface area contributed by atoms with Crippen LogP contribution in [0.3, 0.4) is 0 Å². The van der Waals surface area contributed by atoms with Crippen LogP contribution in [0.1, 0.15) is 24.5 Å². The van der Waals surface area contributed by atoms with E-state index in [2.05, 4.69) is 116 Å². The van der Waals surface area contributed by atoms with E-state index in [-0.39, 0.29) is 5.41 Å². The Labute approximate surface area is 305 Å². The quantitative estimate of drug-likeness (QED) is 0.173. The number of para-hydroxylation sites is 1. The fourth-order valence-corrected chi connectivity index (χ4v) is 8.38. The molecule has 1 aliphatic carbocycles. The number of ether oxygens (including phenoxy) is 1. The first-order chi connectivity index (χ1) is 26.1. The van der Waals surface area contributed by atoms with Crippen LogP contribution in [0.5, 0.6) is 5.75 Å². The van der Waals surface area contributed by atoms with Crippen molar-refractivity contribution < 1.29 is 9.15 Å². The second-order valence-electron chi connectivity index (χ2n) is 14.2. The van der Waals surface area contributed by atoms with Gasteiger partial charge in [0.05, 0.1) is 5.41 Å². The number of fused-ring (bicyclic) bond motifs is 9. The predicted molar refractivity (Wildman–Crippen MR) is 214 cm³/mol. The lowest BCUT2D eigenvalue weighted by Crippen LogP contribution is -2.24. The first kappa shape index (κ1) is 29.8. The molecule has 0 radical (unpaired) electrons. The number of furan rings is 1. The van der Waals surface area contributed by atoms with E-state index in [4.69, 9.17) is 24.1 Å². The second kappa shape index (κ2) is 11.3. The SMILES string of the molecule is CC12CC(c3cccc4oc5cccc(-c6nc(-c7ccccc7)nc(-c7ccc8ccc9ccccc9c8c7)n6)c5c34)=CC=C1Oc1ccccc12. The lowest BCUT2D eigenvalue weighted by Gasteiger charge is -2.29. The van der Waals surface area contributed by atoms with Crippen molar-refractivity contribution in [2.75, 3.05) is 0 Å². The molecule has 2 aliphatic rings. The fraction of sp³-hybridized carbons (Fsp3) is 0.0625. The molecule has 0 spiro atoms. The summed E-state index contributed by atoms with van der Waals surface area (Å²) in [5.41, 5.74) is 7.69. The van der Waals surface area contributed by atoms with Gasteiger partial charge < -0.3 is 9.15 Å². The van der Waals surface area contributed by atoms with Crippen LogP contribution in [0.25, 0.3) is 83.2 Å². The van der Waals surface area contributed by atoms with Gasteiger partial charge in [-0.05, 0) is 76.4 Å². The highest BCUT2D eigenvalue weighted by Crippen LogP contribution is 2.53. The molecule has 1 unspecified atom stereocenters. The van der Waals surface area contributed by atoms with Crippen molar-refractivity contribution in [2.24, 2.45) is 0 Å². The zero-order valence-electron chi connectivity index (χ0n) is 28.9. The van der Waals surface area contributed by atoms with Crippen LogP contribution in [0.15, 0.2) is 168 Å². The lowest BCUT2D eigenvalue weighted by molar-refractivity contribution is 0.379. The van der Waals surface area contributed by atoms with Crippen LogP contribution >= 0.6 is 0 Å². The molecule has 1 atom stereocenters. The number of rotatable bonds is 4. The lowest BCUT2D eigenvalue weighted by atomic mass is 9.72. The average Bonchev–Trinajstić information content (AvgIpc) is 3.75. The molecule has 53 heavy (non-hydrogen) atoms. The van der Waals surface area contributed by atoms with Crippen LogP contribution in [0.4, 0.5) is 0 Å². The van der Waals surface area contributed by atoms with Crippen molar-refractivity contribution in [2.45, 2.75) is 18.8 Å². The summed E-state index contributed by atoms with van der Waals surface area (Å²) in [4.78, 5) is 15.5. The molecule has 9 aromatic rings. The molecular weight excluding hydrogens is 651 g/mol. The summed E-state index contributed by atoms with van der Waals surface area (Å²) in [6.07, 6.45) is 5.14. The van der Waals surface area contributed by atoms with Gasteiger partial charge in [0.15, 0.2) is 17.5 Å². The smallest absolute Gasteiger partial charge is 0.164 e. The molecule has 0 saturated heterocycles. The standard InChI is InChI=1S/C48H31N3O2/c1-48-28-33(25-26-42(48)53-39-18-8-7-17-38(39)48)35-15-9-19-40-43(35)44-36(16-10-20-41(44)52-40)47-50-45(31-12-3-2-4-13-31)49-46(51-47)32-24-23-30-22-21-29-11-5-6-14-34(29)37(30)27-32/h2-27H,28H2,1H3. The van der Waals surface area contributed by atoms with Gasteiger partial charge in [-0.25, -0.2) is 15.0 Å². The van der Waals surface area contributed by atoms with E-state index in [0.717, 1.165) is 62.1 Å². The van der Waals surface area contributed by atoms with Gasteiger partial charge in [-0.1, -0.05) is 127 Å². The zero-order chi connectivity index (χ0) is 35.1. The average molecular weight is 682 g/mol. The van der Waals surface area contributed by atoms with Gasteiger partial charge in [0.2, 0.25) is 0 Å². The topological polar surface area (TPSA) is 61.0 Å². The number of hydrogen-bond acceptors (Lipinski definition) is 5. The highest BCUT2D eigenvalue weighted by atomic mass is 16.5. The van der Waals surface area contributed by atoms with E-state index in [0.29, 0.717) is 17.5 Å². The van der Waals surface area contributed by atoms with Gasteiger partial charge in [-0.15, -0.1) is 0 Å². The Morgan fingerprint density at radius 2 is 1.19 bits per heavy atom. The molecule has 0 saturated carbocycles. The van der Waals surface area contributed by atoms with Crippen molar-refractivity contribution in [1.82, 2.24) is 15.0 Å². The zero-order valence-corrected chi connectivity index (χ0v) is 28.9. The van der Waals surface area contributed by atoms with Crippen LogP contribution in [0.2, 0.25) is 0 Å². The number of allylic oxidation sites excluding steroid dienone is 4. The summed E-state index contributed by atoms with van der Waals surface area (Å²) in [5, 5.41) is 6.78. The molecular formula is C48H31N3O2. The monoisotopic (exact) mass is 681 g/mol. The van der Waals surface area contributed by atoms with Gasteiger partial charge >= 0.3 is 0 Å². The molecule has 250 valence electrons. The van der Waals surface area contributed by atoms with E-state index in [1.54, 1.807) is 0 Å². The number of benzene rings is 7. The highest BCUT2D eigenvalue weighted by Gasteiger charge is 2.43. The molecule has 5 heteroatoms. The summed E-state index contributed by atoms with van der Waals surface area (Å²) in [5.74, 6) is 3.76. The van der Waals surface area contributed by atoms with Crippen LogP contribution in [-0.4, -0.2) is 15.0 Å². The van der Waals surface area contributed by atoms with Crippen molar-refractivity contribution >= 4 is 49.1 Å². The molecule has 5 nitrogen and oxygen atoms in total. The third-order valence-corrected chi connectivity index (χ3v) is 11.0. The first-order valence-corrected chi connectivity index (χ1v) is 18.0. The van der Waals surface area contributed by atoms with Gasteiger partial charge in [-0.3, -0.25) is 0 Å². The van der Waals surface area contributed by atoms with Crippen LogP contribution in [0, 0.1) is 0 Å². The Morgan fingerprint density at radius 3 is 2.04 bits per heavy atom. The Bertz CT molecular complexity index is 3030. The van der Waals surface area contributed by atoms with Gasteiger partial charge in [0, 0.05) is 33.0 Å². The fourth-order valence-electron chi connectivity index (χ4n) is 8.38. The van der Waals surface area contributed by atoms with E-state index in [1.165, 1.54) is 32.7 Å². The molecule has 0 amide bonds. The number of aromatic nitrogens is 3.